The fourth-order valence-corrected chi connectivity index (χ4v) is 1.90. The quantitative estimate of drug-likeness (QED) is 0.680. The van der Waals surface area contributed by atoms with E-state index in [-0.39, 0.29) is 12.7 Å². The Labute approximate surface area is 117 Å². The molecule has 0 atom stereocenters. The zero-order chi connectivity index (χ0) is 13.7. The molecule has 98 valence electrons. The number of halogens is 1. The van der Waals surface area contributed by atoms with Crippen LogP contribution >= 0.6 is 11.6 Å². The highest BCUT2D eigenvalue weighted by Crippen LogP contribution is 2.22. The number of benzene rings is 2. The molecule has 0 unspecified atom stereocenters. The molecule has 0 saturated carbocycles. The average Bonchev–Trinajstić information content (AvgIpc) is 2.42. The first-order valence-electron chi connectivity index (χ1n) is 5.89. The SMILES string of the molecule is Cc1ccc(NCOC(=O)c2ccccc2)c(Cl)c1. The van der Waals surface area contributed by atoms with Gasteiger partial charge in [-0.05, 0) is 36.8 Å². The van der Waals surface area contributed by atoms with Crippen molar-refractivity contribution in [2.45, 2.75) is 6.92 Å². The molecule has 0 aliphatic heterocycles. The van der Waals surface area contributed by atoms with E-state index in [0.29, 0.717) is 10.6 Å². The molecule has 0 amide bonds. The predicted molar refractivity (Wildman–Crippen MR) is 76.5 cm³/mol. The Hall–Kier alpha value is -2.00. The molecular weight excluding hydrogens is 262 g/mol. The van der Waals surface area contributed by atoms with Crippen LogP contribution in [0.15, 0.2) is 48.5 Å². The van der Waals surface area contributed by atoms with Gasteiger partial charge in [0, 0.05) is 0 Å². The van der Waals surface area contributed by atoms with Crippen molar-refractivity contribution in [1.82, 2.24) is 0 Å². The second-order valence-electron chi connectivity index (χ2n) is 4.10. The number of anilines is 1. The van der Waals surface area contributed by atoms with E-state index >= 15 is 0 Å². The van der Waals surface area contributed by atoms with E-state index in [4.69, 9.17) is 16.3 Å². The molecule has 19 heavy (non-hydrogen) atoms. The van der Waals surface area contributed by atoms with Gasteiger partial charge in [-0.15, -0.1) is 0 Å². The molecule has 3 nitrogen and oxygen atoms in total. The summed E-state index contributed by atoms with van der Waals surface area (Å²) in [6, 6.07) is 14.5. The van der Waals surface area contributed by atoms with Crippen molar-refractivity contribution in [3.8, 4) is 0 Å². The third kappa shape index (κ3) is 3.73. The van der Waals surface area contributed by atoms with Gasteiger partial charge in [-0.1, -0.05) is 35.9 Å². The summed E-state index contributed by atoms with van der Waals surface area (Å²) in [6.07, 6.45) is 0. The van der Waals surface area contributed by atoms with E-state index < -0.39 is 0 Å². The lowest BCUT2D eigenvalue weighted by atomic mass is 10.2. The molecule has 1 N–H and O–H groups in total. The molecule has 0 fully saturated rings. The monoisotopic (exact) mass is 275 g/mol. The molecule has 0 spiro atoms. The first-order chi connectivity index (χ1) is 9.16. The molecule has 0 aliphatic carbocycles. The minimum absolute atomic E-state index is 0.0799. The van der Waals surface area contributed by atoms with E-state index in [1.165, 1.54) is 0 Å². The van der Waals surface area contributed by atoms with Gasteiger partial charge in [-0.2, -0.15) is 0 Å². The molecule has 0 aliphatic rings. The van der Waals surface area contributed by atoms with Gasteiger partial charge in [0.25, 0.3) is 0 Å². The van der Waals surface area contributed by atoms with Gasteiger partial charge >= 0.3 is 5.97 Å². The average molecular weight is 276 g/mol. The maximum atomic E-state index is 11.7. The van der Waals surface area contributed by atoms with Crippen molar-refractivity contribution in [2.24, 2.45) is 0 Å². The van der Waals surface area contributed by atoms with Crippen molar-refractivity contribution < 1.29 is 9.53 Å². The van der Waals surface area contributed by atoms with Crippen LogP contribution < -0.4 is 5.32 Å². The van der Waals surface area contributed by atoms with E-state index in [9.17, 15) is 4.79 Å². The minimum Gasteiger partial charge on any atom is -0.441 e. The maximum Gasteiger partial charge on any atom is 0.339 e. The zero-order valence-corrected chi connectivity index (χ0v) is 11.3. The van der Waals surface area contributed by atoms with E-state index in [2.05, 4.69) is 5.32 Å². The van der Waals surface area contributed by atoms with Crippen molar-refractivity contribution >= 4 is 23.3 Å². The first-order valence-corrected chi connectivity index (χ1v) is 6.27. The number of carbonyl (C=O) groups is 1. The number of rotatable bonds is 4. The van der Waals surface area contributed by atoms with Crippen LogP contribution in [0, 0.1) is 6.92 Å². The summed E-state index contributed by atoms with van der Waals surface area (Å²) in [7, 11) is 0. The Kier molecular flexibility index (Phi) is 4.42. The standard InChI is InChI=1S/C15H14ClNO2/c1-11-7-8-14(13(16)9-11)17-10-19-15(18)12-5-3-2-4-6-12/h2-9,17H,10H2,1H3. The molecule has 2 aromatic carbocycles. The normalized spacial score (nSPS) is 10.0. The first kappa shape index (κ1) is 13.4. The maximum absolute atomic E-state index is 11.7. The summed E-state index contributed by atoms with van der Waals surface area (Å²) >= 11 is 6.06. The van der Waals surface area contributed by atoms with Gasteiger partial charge < -0.3 is 10.1 Å². The molecule has 0 aromatic heterocycles. The zero-order valence-electron chi connectivity index (χ0n) is 10.5. The second-order valence-corrected chi connectivity index (χ2v) is 4.51. The Balaban J connectivity index is 1.88. The summed E-state index contributed by atoms with van der Waals surface area (Å²) in [5.41, 5.74) is 2.35. The third-order valence-corrected chi connectivity index (χ3v) is 2.91. The molecule has 2 rings (SSSR count). The van der Waals surface area contributed by atoms with Crippen LogP contribution in [-0.2, 0) is 4.74 Å². The van der Waals surface area contributed by atoms with Gasteiger partial charge in [0.15, 0.2) is 6.73 Å². The van der Waals surface area contributed by atoms with Crippen LogP contribution in [0.4, 0.5) is 5.69 Å². The summed E-state index contributed by atoms with van der Waals surface area (Å²) in [4.78, 5) is 11.7. The number of hydrogen-bond acceptors (Lipinski definition) is 3. The van der Waals surface area contributed by atoms with Crippen molar-refractivity contribution in [3.05, 3.63) is 64.7 Å². The van der Waals surface area contributed by atoms with Crippen LogP contribution in [0.5, 0.6) is 0 Å². The minimum atomic E-state index is -0.365. The number of esters is 1. The highest BCUT2D eigenvalue weighted by molar-refractivity contribution is 6.33. The van der Waals surface area contributed by atoms with Gasteiger partial charge in [-0.3, -0.25) is 0 Å². The molecule has 0 heterocycles. The number of nitrogens with one attached hydrogen (secondary N) is 1. The van der Waals surface area contributed by atoms with Crippen molar-refractivity contribution in [2.75, 3.05) is 12.0 Å². The molecule has 0 saturated heterocycles. The van der Waals surface area contributed by atoms with Gasteiger partial charge in [0.1, 0.15) is 0 Å². The van der Waals surface area contributed by atoms with Crippen molar-refractivity contribution in [3.63, 3.8) is 0 Å². The fraction of sp³-hybridized carbons (Fsp3) is 0.133. The van der Waals surface area contributed by atoms with E-state index in [0.717, 1.165) is 11.3 Å². The van der Waals surface area contributed by atoms with Gasteiger partial charge in [0.05, 0.1) is 16.3 Å². The van der Waals surface area contributed by atoms with E-state index in [1.54, 1.807) is 24.3 Å². The number of aryl methyl sites for hydroxylation is 1. The molecule has 2 aromatic rings. The van der Waals surface area contributed by atoms with E-state index in [1.807, 2.05) is 31.2 Å². The highest BCUT2D eigenvalue weighted by Gasteiger charge is 2.06. The Morgan fingerprint density at radius 1 is 1.21 bits per heavy atom. The van der Waals surface area contributed by atoms with Gasteiger partial charge in [-0.25, -0.2) is 4.79 Å². The number of hydrogen-bond donors (Lipinski definition) is 1. The van der Waals surface area contributed by atoms with Gasteiger partial charge in [0.2, 0.25) is 0 Å². The lowest BCUT2D eigenvalue weighted by molar-refractivity contribution is 0.0534. The second kappa shape index (κ2) is 6.25. The van der Waals surface area contributed by atoms with Crippen LogP contribution in [0.1, 0.15) is 15.9 Å². The summed E-state index contributed by atoms with van der Waals surface area (Å²) in [5.74, 6) is -0.365. The third-order valence-electron chi connectivity index (χ3n) is 2.60. The Bertz CT molecular complexity index is 570. The largest absolute Gasteiger partial charge is 0.441 e. The lowest BCUT2D eigenvalue weighted by Crippen LogP contribution is -2.12. The molecule has 0 bridgehead atoms. The lowest BCUT2D eigenvalue weighted by Gasteiger charge is -2.09. The number of ether oxygens (including phenoxy) is 1. The van der Waals surface area contributed by atoms with Crippen LogP contribution in [0.25, 0.3) is 0 Å². The highest BCUT2D eigenvalue weighted by atomic mass is 35.5. The summed E-state index contributed by atoms with van der Waals surface area (Å²) < 4.78 is 5.11. The Morgan fingerprint density at radius 2 is 1.95 bits per heavy atom. The van der Waals surface area contributed by atoms with Crippen molar-refractivity contribution in [1.29, 1.82) is 0 Å². The summed E-state index contributed by atoms with van der Waals surface area (Å²) in [5, 5.41) is 3.57. The molecule has 0 radical (unpaired) electrons. The Morgan fingerprint density at radius 3 is 2.63 bits per heavy atom. The predicted octanol–water partition coefficient (Wildman–Crippen LogP) is 3.87. The smallest absolute Gasteiger partial charge is 0.339 e. The van der Waals surface area contributed by atoms with Crippen LogP contribution in [0.2, 0.25) is 5.02 Å². The fourth-order valence-electron chi connectivity index (χ4n) is 1.60. The van der Waals surface area contributed by atoms with Crippen LogP contribution in [0.3, 0.4) is 0 Å². The van der Waals surface area contributed by atoms with Crippen LogP contribution in [-0.4, -0.2) is 12.7 Å². The summed E-state index contributed by atoms with van der Waals surface area (Å²) in [6.45, 7) is 2.04. The molecule has 4 heteroatoms. The molecular formula is C15H14ClNO2. The topological polar surface area (TPSA) is 38.3 Å². The number of carbonyl (C=O) groups excluding carboxylic acids is 1.